The Kier molecular flexibility index (Phi) is 10.2. The summed E-state index contributed by atoms with van der Waals surface area (Å²) in [5.41, 5.74) is 10.7. The Labute approximate surface area is 218 Å². The highest BCUT2D eigenvalue weighted by molar-refractivity contribution is 5.84. The zero-order valence-corrected chi connectivity index (χ0v) is 24.2. The highest BCUT2D eigenvalue weighted by Crippen LogP contribution is 2.55. The van der Waals surface area contributed by atoms with Crippen LogP contribution in [0.5, 0.6) is 0 Å². The second-order valence-corrected chi connectivity index (χ2v) is 11.5. The van der Waals surface area contributed by atoms with Gasteiger partial charge in [-0.1, -0.05) is 102 Å². The summed E-state index contributed by atoms with van der Waals surface area (Å²) < 4.78 is 0. The van der Waals surface area contributed by atoms with E-state index in [1.165, 1.54) is 45.4 Å². The number of allylic oxidation sites excluding steroid dienone is 7. The lowest BCUT2D eigenvalue weighted by Gasteiger charge is -2.46. The van der Waals surface area contributed by atoms with Crippen molar-refractivity contribution in [2.45, 2.75) is 107 Å². The largest absolute Gasteiger partial charge is 0.102 e. The first-order chi connectivity index (χ1) is 16.5. The first-order valence-corrected chi connectivity index (χ1v) is 14.0. The summed E-state index contributed by atoms with van der Waals surface area (Å²) in [6.07, 6.45) is 13.6. The van der Waals surface area contributed by atoms with Gasteiger partial charge in [0.1, 0.15) is 0 Å². The van der Waals surface area contributed by atoms with Gasteiger partial charge in [-0.15, -0.1) is 6.58 Å². The lowest BCUT2D eigenvalue weighted by molar-refractivity contribution is 0.208. The summed E-state index contributed by atoms with van der Waals surface area (Å²) in [5.74, 6) is 0.525. The van der Waals surface area contributed by atoms with Crippen LogP contribution in [0.4, 0.5) is 0 Å². The van der Waals surface area contributed by atoms with Crippen LogP contribution in [0, 0.1) is 23.7 Å². The van der Waals surface area contributed by atoms with Crippen molar-refractivity contribution in [2.75, 3.05) is 0 Å². The molecule has 0 N–H and O–H groups in total. The molecule has 0 saturated carbocycles. The molecule has 1 unspecified atom stereocenters. The number of benzene rings is 1. The zero-order valence-electron chi connectivity index (χ0n) is 24.2. The summed E-state index contributed by atoms with van der Waals surface area (Å²) in [7, 11) is 0. The van der Waals surface area contributed by atoms with E-state index < -0.39 is 0 Å². The van der Waals surface area contributed by atoms with Gasteiger partial charge in [-0.2, -0.15) is 0 Å². The van der Waals surface area contributed by atoms with Gasteiger partial charge in [0.15, 0.2) is 0 Å². The third-order valence-electron chi connectivity index (χ3n) is 8.90. The van der Waals surface area contributed by atoms with Crippen molar-refractivity contribution in [3.8, 4) is 0 Å². The highest BCUT2D eigenvalue weighted by Gasteiger charge is 2.43. The van der Waals surface area contributed by atoms with E-state index in [0.29, 0.717) is 5.92 Å². The maximum atomic E-state index is 4.89. The number of hydrogen-bond acceptors (Lipinski definition) is 0. The molecule has 0 amide bonds. The minimum Gasteiger partial charge on any atom is -0.102 e. The SMILES string of the molecule is C=C[C@]1(CCC)CCC(C)[C@@](C)(CC=C(C)C)C(=C)/C(C(=C)c2ccc(CC)c(C)c2)=C\1CCC. The van der Waals surface area contributed by atoms with Crippen molar-refractivity contribution in [1.82, 2.24) is 0 Å². The fourth-order valence-corrected chi connectivity index (χ4v) is 6.16. The highest BCUT2D eigenvalue weighted by atomic mass is 14.5. The second-order valence-electron chi connectivity index (χ2n) is 11.5. The lowest BCUT2D eigenvalue weighted by Crippen LogP contribution is -2.35. The van der Waals surface area contributed by atoms with Gasteiger partial charge >= 0.3 is 0 Å². The molecule has 0 spiro atoms. The first kappa shape index (κ1) is 29.2. The minimum absolute atomic E-state index is 0.00746. The second kappa shape index (κ2) is 12.2. The van der Waals surface area contributed by atoms with E-state index in [9.17, 15) is 0 Å². The molecule has 3 atom stereocenters. The Morgan fingerprint density at radius 3 is 2.34 bits per heavy atom. The van der Waals surface area contributed by atoms with Gasteiger partial charge in [0.05, 0.1) is 0 Å². The molecule has 0 heterocycles. The zero-order chi connectivity index (χ0) is 26.4. The van der Waals surface area contributed by atoms with E-state index in [1.54, 1.807) is 0 Å². The van der Waals surface area contributed by atoms with E-state index in [-0.39, 0.29) is 10.8 Å². The molecule has 0 aromatic heterocycles. The average Bonchev–Trinajstić information content (AvgIpc) is 2.83. The third-order valence-corrected chi connectivity index (χ3v) is 8.90. The van der Waals surface area contributed by atoms with E-state index >= 15 is 0 Å². The minimum atomic E-state index is -0.00746. The Morgan fingerprint density at radius 1 is 1.14 bits per heavy atom. The van der Waals surface area contributed by atoms with Crippen LogP contribution in [0.1, 0.15) is 110 Å². The summed E-state index contributed by atoms with van der Waals surface area (Å²) in [4.78, 5) is 0. The third kappa shape index (κ3) is 6.02. The van der Waals surface area contributed by atoms with Crippen LogP contribution < -0.4 is 0 Å². The Hall–Kier alpha value is -2.08. The fourth-order valence-electron chi connectivity index (χ4n) is 6.16. The molecule has 0 saturated heterocycles. The topological polar surface area (TPSA) is 0 Å². The normalized spacial score (nSPS) is 27.2. The Balaban J connectivity index is 2.90. The van der Waals surface area contributed by atoms with Crippen molar-refractivity contribution in [1.29, 1.82) is 0 Å². The maximum absolute atomic E-state index is 4.89. The molecule has 1 aromatic carbocycles. The maximum Gasteiger partial charge on any atom is 0.00974 e. The van der Waals surface area contributed by atoms with Crippen LogP contribution in [0.25, 0.3) is 5.57 Å². The van der Waals surface area contributed by atoms with Gasteiger partial charge in [-0.3, -0.25) is 0 Å². The standard InChI is InChI=1S/C35H52/c1-12-16-32-33(28(9)31-18-17-30(14-3)26(7)24-31)29(10)34(11,22-19-25(5)6)27(8)20-23-35(32,15-4)21-13-2/h15,17-19,24,27H,4,9-10,12-14,16,20-23H2,1-3,5-8,11H3/b33-32-/t27?,34-,35+/m1/s1. The molecule has 0 radical (unpaired) electrons. The summed E-state index contributed by atoms with van der Waals surface area (Å²) >= 11 is 0. The summed E-state index contributed by atoms with van der Waals surface area (Å²) in [5, 5.41) is 0. The van der Waals surface area contributed by atoms with Crippen LogP contribution in [-0.2, 0) is 6.42 Å². The van der Waals surface area contributed by atoms with E-state index in [1.807, 2.05) is 0 Å². The molecular formula is C35H52. The van der Waals surface area contributed by atoms with Crippen molar-refractivity contribution in [2.24, 2.45) is 16.7 Å². The van der Waals surface area contributed by atoms with Crippen LogP contribution in [0.2, 0.25) is 0 Å². The molecule has 35 heavy (non-hydrogen) atoms. The summed E-state index contributed by atoms with van der Waals surface area (Å²) in [6, 6.07) is 6.92. The van der Waals surface area contributed by atoms with Gasteiger partial charge < -0.3 is 0 Å². The fraction of sp³-hybridized carbons (Fsp3) is 0.543. The van der Waals surface area contributed by atoms with E-state index in [0.717, 1.165) is 50.5 Å². The Bertz CT molecular complexity index is 993. The predicted molar refractivity (Wildman–Crippen MR) is 159 cm³/mol. The van der Waals surface area contributed by atoms with Gasteiger partial charge in [-0.25, -0.2) is 0 Å². The molecule has 0 bridgehead atoms. The van der Waals surface area contributed by atoms with Crippen molar-refractivity contribution in [3.63, 3.8) is 0 Å². The van der Waals surface area contributed by atoms with Crippen molar-refractivity contribution >= 4 is 5.57 Å². The quantitative estimate of drug-likeness (QED) is 0.297. The van der Waals surface area contributed by atoms with Crippen molar-refractivity contribution in [3.05, 3.63) is 89.1 Å². The molecule has 0 aliphatic heterocycles. The van der Waals surface area contributed by atoms with Crippen LogP contribution in [0.15, 0.2) is 72.4 Å². The number of aryl methyl sites for hydroxylation is 2. The molecule has 2 rings (SSSR count). The van der Waals surface area contributed by atoms with Crippen LogP contribution >= 0.6 is 0 Å². The van der Waals surface area contributed by atoms with Gasteiger partial charge in [-0.05, 0) is 104 Å². The smallest absolute Gasteiger partial charge is 0.00974 e. The predicted octanol–water partition coefficient (Wildman–Crippen LogP) is 11.0. The summed E-state index contributed by atoms with van der Waals surface area (Å²) in [6.45, 7) is 32.5. The molecule has 1 aromatic rings. The van der Waals surface area contributed by atoms with Crippen molar-refractivity contribution < 1.29 is 0 Å². The number of rotatable bonds is 10. The first-order valence-electron chi connectivity index (χ1n) is 14.0. The molecule has 0 nitrogen and oxygen atoms in total. The molecule has 1 aliphatic carbocycles. The van der Waals surface area contributed by atoms with Gasteiger partial charge in [0.2, 0.25) is 0 Å². The molecule has 1 aliphatic rings. The van der Waals surface area contributed by atoms with Crippen LogP contribution in [-0.4, -0.2) is 0 Å². The molecule has 0 fully saturated rings. The molecule has 192 valence electrons. The monoisotopic (exact) mass is 472 g/mol. The van der Waals surface area contributed by atoms with Crippen LogP contribution in [0.3, 0.4) is 0 Å². The lowest BCUT2D eigenvalue weighted by atomic mass is 9.57. The molecular weight excluding hydrogens is 420 g/mol. The number of hydrogen-bond donors (Lipinski definition) is 0. The van der Waals surface area contributed by atoms with Gasteiger partial charge in [0, 0.05) is 5.41 Å². The van der Waals surface area contributed by atoms with Gasteiger partial charge in [0.25, 0.3) is 0 Å². The average molecular weight is 473 g/mol. The molecule has 0 heteroatoms. The Morgan fingerprint density at radius 2 is 1.83 bits per heavy atom. The van der Waals surface area contributed by atoms with E-state index in [4.69, 9.17) is 13.2 Å². The van der Waals surface area contributed by atoms with E-state index in [2.05, 4.69) is 92.3 Å².